The first-order valence-electron chi connectivity index (χ1n) is 10.3. The summed E-state index contributed by atoms with van der Waals surface area (Å²) < 4.78 is 51.1. The highest BCUT2D eigenvalue weighted by atomic mass is 19.4. The van der Waals surface area contributed by atoms with E-state index in [1.54, 1.807) is 5.32 Å². The first-order valence-corrected chi connectivity index (χ1v) is 10.3. The smallest absolute Gasteiger partial charge is 0.376 e. The molecule has 1 aliphatic heterocycles. The van der Waals surface area contributed by atoms with E-state index in [4.69, 9.17) is 0 Å². The van der Waals surface area contributed by atoms with Crippen molar-refractivity contribution in [3.63, 3.8) is 0 Å². The number of carbonyl (C=O) groups excluding carboxylic acids is 4. The molecule has 0 radical (unpaired) electrons. The number of alkyl halides is 3. The van der Waals surface area contributed by atoms with Crippen molar-refractivity contribution in [2.45, 2.75) is 50.7 Å². The summed E-state index contributed by atoms with van der Waals surface area (Å²) in [6.45, 7) is -0.741. The second kappa shape index (κ2) is 9.24. The predicted molar refractivity (Wildman–Crippen MR) is 107 cm³/mol. The Balaban J connectivity index is 1.63. The van der Waals surface area contributed by atoms with Gasteiger partial charge in [-0.25, -0.2) is 9.18 Å². The van der Waals surface area contributed by atoms with E-state index >= 15 is 0 Å². The van der Waals surface area contributed by atoms with Crippen LogP contribution < -0.4 is 21.4 Å². The predicted octanol–water partition coefficient (Wildman–Crippen LogP) is 2.12. The second-order valence-electron chi connectivity index (χ2n) is 8.03. The monoisotopic (exact) mass is 473 g/mol. The van der Waals surface area contributed by atoms with Crippen molar-refractivity contribution >= 4 is 29.4 Å². The number of amides is 5. The van der Waals surface area contributed by atoms with Crippen LogP contribution in [0, 0.1) is 12.7 Å². The van der Waals surface area contributed by atoms with Gasteiger partial charge in [-0.2, -0.15) is 18.2 Å². The minimum absolute atomic E-state index is 0.0109. The number of halogens is 4. The normalized spacial score (nSPS) is 17.7. The fourth-order valence-corrected chi connectivity index (χ4v) is 3.83. The highest BCUT2D eigenvalue weighted by Gasteiger charge is 2.52. The van der Waals surface area contributed by atoms with Crippen LogP contribution in [0.5, 0.6) is 0 Å². The van der Waals surface area contributed by atoms with E-state index in [2.05, 4.69) is 16.1 Å². The number of anilines is 1. The van der Waals surface area contributed by atoms with Gasteiger partial charge in [0.1, 0.15) is 17.9 Å². The van der Waals surface area contributed by atoms with Crippen molar-refractivity contribution in [1.29, 1.82) is 0 Å². The van der Waals surface area contributed by atoms with Crippen LogP contribution >= 0.6 is 0 Å². The van der Waals surface area contributed by atoms with E-state index in [1.165, 1.54) is 6.92 Å². The summed E-state index contributed by atoms with van der Waals surface area (Å²) in [6, 6.07) is 1.13. The number of hydrazine groups is 1. The molecule has 4 N–H and O–H groups in total. The summed E-state index contributed by atoms with van der Waals surface area (Å²) in [5, 5.41) is 7.46. The van der Waals surface area contributed by atoms with Crippen LogP contribution in [0.15, 0.2) is 12.1 Å². The highest BCUT2D eigenvalue weighted by molar-refractivity contribution is 6.08. The standard InChI is InChI=1S/C20H23F4N5O4/c1-11-13(21)7-12(16(31)26-10-20(22,23)24)8-14(11)25-9-15(30)28-29-17(32)19(27-18(29)33)5-3-2-4-6-19/h7-8,25H,2-6,9-10H2,1H3,(H,26,31)(H,27,33)(H,28,30). The molecule has 0 bridgehead atoms. The van der Waals surface area contributed by atoms with Crippen molar-refractivity contribution in [3.05, 3.63) is 29.1 Å². The lowest BCUT2D eigenvalue weighted by Gasteiger charge is -2.30. The lowest BCUT2D eigenvalue weighted by Crippen LogP contribution is -2.51. The molecule has 3 rings (SSSR count). The first-order chi connectivity index (χ1) is 15.4. The summed E-state index contributed by atoms with van der Waals surface area (Å²) in [7, 11) is 0. The van der Waals surface area contributed by atoms with Crippen molar-refractivity contribution in [1.82, 2.24) is 21.1 Å². The average Bonchev–Trinajstić information content (AvgIpc) is 2.96. The third-order valence-corrected chi connectivity index (χ3v) is 5.60. The summed E-state index contributed by atoms with van der Waals surface area (Å²) in [6.07, 6.45) is -1.19. The Bertz CT molecular complexity index is 976. The van der Waals surface area contributed by atoms with Crippen molar-refractivity contribution in [3.8, 4) is 0 Å². The molecule has 1 heterocycles. The molecule has 2 aliphatic rings. The van der Waals surface area contributed by atoms with E-state index in [-0.39, 0.29) is 16.8 Å². The van der Waals surface area contributed by atoms with Crippen LogP contribution in [0.3, 0.4) is 0 Å². The molecule has 5 amide bonds. The summed E-state index contributed by atoms with van der Waals surface area (Å²) in [5.74, 6) is -3.36. The topological polar surface area (TPSA) is 120 Å². The molecule has 1 saturated heterocycles. The van der Waals surface area contributed by atoms with Gasteiger partial charge in [-0.05, 0) is 31.9 Å². The van der Waals surface area contributed by atoms with Gasteiger partial charge in [-0.15, -0.1) is 0 Å². The van der Waals surface area contributed by atoms with Crippen LogP contribution in [0.2, 0.25) is 0 Å². The lowest BCUT2D eigenvalue weighted by molar-refractivity contribution is -0.139. The lowest BCUT2D eigenvalue weighted by atomic mass is 9.82. The number of nitrogens with zero attached hydrogens (tertiary/aromatic N) is 1. The van der Waals surface area contributed by atoms with Crippen LogP contribution in [0.4, 0.5) is 28.0 Å². The molecule has 0 atom stereocenters. The Labute approximate surface area is 186 Å². The maximum absolute atomic E-state index is 14.2. The number of nitrogens with one attached hydrogen (secondary N) is 4. The van der Waals surface area contributed by atoms with Crippen molar-refractivity contribution in [2.24, 2.45) is 0 Å². The van der Waals surface area contributed by atoms with Gasteiger partial charge >= 0.3 is 12.2 Å². The zero-order valence-corrected chi connectivity index (χ0v) is 17.7. The molecule has 1 spiro atoms. The Morgan fingerprint density at radius 3 is 2.45 bits per heavy atom. The van der Waals surface area contributed by atoms with E-state index < -0.39 is 54.4 Å². The maximum Gasteiger partial charge on any atom is 0.405 e. The first kappa shape index (κ1) is 24.3. The maximum atomic E-state index is 14.2. The quantitative estimate of drug-likeness (QED) is 0.373. The largest absolute Gasteiger partial charge is 0.405 e. The van der Waals surface area contributed by atoms with Gasteiger partial charge in [0, 0.05) is 16.8 Å². The Morgan fingerprint density at radius 1 is 1.15 bits per heavy atom. The molecule has 1 aromatic rings. The highest BCUT2D eigenvalue weighted by Crippen LogP contribution is 2.33. The Morgan fingerprint density at radius 2 is 1.82 bits per heavy atom. The van der Waals surface area contributed by atoms with Crippen molar-refractivity contribution < 1.29 is 36.7 Å². The molecule has 13 heteroatoms. The number of rotatable bonds is 6. The molecule has 9 nitrogen and oxygen atoms in total. The van der Waals surface area contributed by atoms with E-state index in [9.17, 15) is 36.7 Å². The Kier molecular flexibility index (Phi) is 6.79. The zero-order valence-electron chi connectivity index (χ0n) is 17.7. The molecule has 180 valence electrons. The van der Waals surface area contributed by atoms with Crippen LogP contribution in [0.1, 0.15) is 48.0 Å². The number of urea groups is 1. The molecule has 0 unspecified atom stereocenters. The van der Waals surface area contributed by atoms with Gasteiger partial charge in [0.05, 0.1) is 6.54 Å². The van der Waals surface area contributed by atoms with Gasteiger partial charge in [0.15, 0.2) is 0 Å². The molecule has 1 aliphatic carbocycles. The van der Waals surface area contributed by atoms with Gasteiger partial charge in [0.2, 0.25) is 0 Å². The van der Waals surface area contributed by atoms with Crippen LogP contribution in [-0.2, 0) is 9.59 Å². The van der Waals surface area contributed by atoms with Gasteiger partial charge in [-0.3, -0.25) is 19.8 Å². The van der Waals surface area contributed by atoms with Crippen LogP contribution in [-0.4, -0.2) is 53.6 Å². The molecular formula is C20H23F4N5O4. The number of hydrogen-bond acceptors (Lipinski definition) is 5. The van der Waals surface area contributed by atoms with Crippen LogP contribution in [0.25, 0.3) is 0 Å². The van der Waals surface area contributed by atoms with Gasteiger partial charge in [0.25, 0.3) is 17.7 Å². The van der Waals surface area contributed by atoms with Gasteiger partial charge in [-0.1, -0.05) is 19.3 Å². The third-order valence-electron chi connectivity index (χ3n) is 5.60. The minimum atomic E-state index is -4.63. The fourth-order valence-electron chi connectivity index (χ4n) is 3.83. The van der Waals surface area contributed by atoms with E-state index in [0.29, 0.717) is 17.9 Å². The summed E-state index contributed by atoms with van der Waals surface area (Å²) in [5.41, 5.74) is 0.813. The molecular weight excluding hydrogens is 450 g/mol. The number of imide groups is 1. The zero-order chi connectivity index (χ0) is 24.4. The minimum Gasteiger partial charge on any atom is -0.376 e. The number of benzene rings is 1. The average molecular weight is 473 g/mol. The molecule has 2 fully saturated rings. The van der Waals surface area contributed by atoms with Crippen molar-refractivity contribution in [2.75, 3.05) is 18.4 Å². The molecule has 1 saturated carbocycles. The van der Waals surface area contributed by atoms with Gasteiger partial charge < -0.3 is 16.0 Å². The molecule has 33 heavy (non-hydrogen) atoms. The summed E-state index contributed by atoms with van der Waals surface area (Å²) in [4.78, 5) is 49.1. The molecule has 1 aromatic carbocycles. The number of hydrogen-bond donors (Lipinski definition) is 4. The second-order valence-corrected chi connectivity index (χ2v) is 8.03. The Hall–Kier alpha value is -3.38. The molecule has 0 aromatic heterocycles. The van der Waals surface area contributed by atoms with E-state index in [1.807, 2.05) is 0 Å². The third kappa shape index (κ3) is 5.52. The van der Waals surface area contributed by atoms with E-state index in [0.717, 1.165) is 31.4 Å². The SMILES string of the molecule is Cc1c(F)cc(C(=O)NCC(F)(F)F)cc1NCC(=O)NN1C(=O)NC2(CCCCC2)C1=O. The fraction of sp³-hybridized carbons (Fsp3) is 0.500. The summed E-state index contributed by atoms with van der Waals surface area (Å²) >= 11 is 0. The number of carbonyl (C=O) groups is 4.